The monoisotopic (exact) mass is 346 g/mol. The molecule has 2 aliphatic rings. The Kier molecular flexibility index (Phi) is 6.56. The predicted octanol–water partition coefficient (Wildman–Crippen LogP) is 2.94. The molecule has 0 aliphatic carbocycles. The summed E-state index contributed by atoms with van der Waals surface area (Å²) in [4.78, 5) is 17.3. The molecule has 5 heteroatoms. The molecule has 2 fully saturated rings. The number of ether oxygens (including phenoxy) is 2. The molecule has 2 saturated heterocycles. The van der Waals surface area contributed by atoms with Crippen molar-refractivity contribution >= 4 is 5.91 Å². The van der Waals surface area contributed by atoms with Crippen LogP contribution in [0.3, 0.4) is 0 Å². The first-order valence-corrected chi connectivity index (χ1v) is 9.55. The van der Waals surface area contributed by atoms with E-state index in [0.717, 1.165) is 32.4 Å². The minimum atomic E-state index is 0.0839. The van der Waals surface area contributed by atoms with Crippen molar-refractivity contribution < 1.29 is 14.3 Å². The first-order chi connectivity index (χ1) is 12.3. The van der Waals surface area contributed by atoms with Crippen molar-refractivity contribution in [3.63, 3.8) is 0 Å². The van der Waals surface area contributed by atoms with Crippen molar-refractivity contribution in [1.29, 1.82) is 0 Å². The molecule has 0 radical (unpaired) electrons. The summed E-state index contributed by atoms with van der Waals surface area (Å²) in [6.07, 6.45) is 7.16. The predicted molar refractivity (Wildman–Crippen MR) is 98.1 cm³/mol. The number of carbonyl (C=O) groups excluding carboxylic acids is 1. The number of carbonyl (C=O) groups is 1. The van der Waals surface area contributed by atoms with Crippen LogP contribution >= 0.6 is 0 Å². The number of amides is 1. The zero-order valence-corrected chi connectivity index (χ0v) is 15.3. The minimum Gasteiger partial charge on any atom is -0.493 e. The number of likely N-dealkylation sites (tertiary alicyclic amines) is 2. The van der Waals surface area contributed by atoms with Gasteiger partial charge >= 0.3 is 0 Å². The highest BCUT2D eigenvalue weighted by Gasteiger charge is 2.27. The number of hydrogen-bond donors (Lipinski definition) is 0. The molecule has 2 heterocycles. The Hall–Kier alpha value is -1.75. The Balaban J connectivity index is 1.52. The van der Waals surface area contributed by atoms with Crippen molar-refractivity contribution in [1.82, 2.24) is 9.80 Å². The van der Waals surface area contributed by atoms with Gasteiger partial charge in [-0.2, -0.15) is 0 Å². The summed E-state index contributed by atoms with van der Waals surface area (Å²) in [5.74, 6) is 1.39. The highest BCUT2D eigenvalue weighted by atomic mass is 16.5. The molecule has 1 aromatic carbocycles. The molecule has 138 valence electrons. The summed E-state index contributed by atoms with van der Waals surface area (Å²) in [5, 5.41) is 0. The Morgan fingerprint density at radius 3 is 2.56 bits per heavy atom. The third kappa shape index (κ3) is 4.88. The van der Waals surface area contributed by atoms with Gasteiger partial charge in [-0.15, -0.1) is 0 Å². The third-order valence-electron chi connectivity index (χ3n) is 5.34. The van der Waals surface area contributed by atoms with Crippen LogP contribution in [0.25, 0.3) is 0 Å². The number of benzene rings is 1. The van der Waals surface area contributed by atoms with E-state index in [1.165, 1.54) is 32.4 Å². The fraction of sp³-hybridized carbons (Fsp3) is 0.650. The smallest absolute Gasteiger partial charge is 0.260 e. The van der Waals surface area contributed by atoms with Crippen LogP contribution in [0.2, 0.25) is 0 Å². The summed E-state index contributed by atoms with van der Waals surface area (Å²) in [6.45, 7) is 4.50. The summed E-state index contributed by atoms with van der Waals surface area (Å²) in [6, 6.07) is 7.84. The van der Waals surface area contributed by atoms with Gasteiger partial charge in [0.2, 0.25) is 0 Å². The van der Waals surface area contributed by atoms with E-state index in [0.29, 0.717) is 17.5 Å². The van der Waals surface area contributed by atoms with E-state index in [9.17, 15) is 4.79 Å². The molecule has 2 aliphatic heterocycles. The van der Waals surface area contributed by atoms with Crippen molar-refractivity contribution in [3.05, 3.63) is 24.3 Å². The first-order valence-electron chi connectivity index (χ1n) is 9.55. The summed E-state index contributed by atoms with van der Waals surface area (Å²) < 4.78 is 11.0. The summed E-state index contributed by atoms with van der Waals surface area (Å²) >= 11 is 0. The van der Waals surface area contributed by atoms with Gasteiger partial charge in [-0.1, -0.05) is 12.1 Å². The lowest BCUT2D eigenvalue weighted by Crippen LogP contribution is -2.47. The van der Waals surface area contributed by atoms with E-state index in [2.05, 4.69) is 9.80 Å². The van der Waals surface area contributed by atoms with Crippen LogP contribution < -0.4 is 9.47 Å². The van der Waals surface area contributed by atoms with Gasteiger partial charge in [0.15, 0.2) is 18.1 Å². The number of nitrogens with zero attached hydrogens (tertiary/aromatic N) is 2. The number of para-hydroxylation sites is 2. The second-order valence-corrected chi connectivity index (χ2v) is 7.01. The fourth-order valence-corrected chi connectivity index (χ4v) is 3.93. The SMILES string of the molecule is COc1ccccc1OCC(=O)N1CCCC[C@@H]1CCN1CCCC1. The van der Waals surface area contributed by atoms with Gasteiger partial charge in [-0.3, -0.25) is 4.79 Å². The van der Waals surface area contributed by atoms with E-state index >= 15 is 0 Å². The Bertz CT molecular complexity index is 558. The molecule has 1 aromatic rings. The molecule has 5 nitrogen and oxygen atoms in total. The first kappa shape index (κ1) is 18.1. The number of piperidine rings is 1. The van der Waals surface area contributed by atoms with Crippen molar-refractivity contribution in [2.24, 2.45) is 0 Å². The van der Waals surface area contributed by atoms with Gasteiger partial charge in [0.05, 0.1) is 7.11 Å². The van der Waals surface area contributed by atoms with Gasteiger partial charge in [0, 0.05) is 19.1 Å². The van der Waals surface area contributed by atoms with Crippen LogP contribution in [-0.2, 0) is 4.79 Å². The molecule has 0 unspecified atom stereocenters. The Morgan fingerprint density at radius 2 is 1.80 bits per heavy atom. The number of methoxy groups -OCH3 is 1. The highest BCUT2D eigenvalue weighted by molar-refractivity contribution is 5.78. The maximum atomic E-state index is 12.7. The topological polar surface area (TPSA) is 42.0 Å². The molecule has 0 saturated carbocycles. The van der Waals surface area contributed by atoms with Crippen LogP contribution in [0, 0.1) is 0 Å². The van der Waals surface area contributed by atoms with E-state index in [4.69, 9.17) is 9.47 Å². The quantitative estimate of drug-likeness (QED) is 0.761. The average Bonchev–Trinajstić information content (AvgIpc) is 3.18. The van der Waals surface area contributed by atoms with Crippen LogP contribution in [0.4, 0.5) is 0 Å². The highest BCUT2D eigenvalue weighted by Crippen LogP contribution is 2.26. The second kappa shape index (κ2) is 9.09. The molecule has 25 heavy (non-hydrogen) atoms. The van der Waals surface area contributed by atoms with Crippen LogP contribution in [-0.4, -0.2) is 61.6 Å². The Labute approximate surface area is 150 Å². The molecular formula is C20H30N2O3. The minimum absolute atomic E-state index is 0.0839. The van der Waals surface area contributed by atoms with Crippen LogP contribution in [0.1, 0.15) is 38.5 Å². The van der Waals surface area contributed by atoms with E-state index in [1.54, 1.807) is 7.11 Å². The van der Waals surface area contributed by atoms with E-state index in [1.807, 2.05) is 24.3 Å². The molecule has 0 aromatic heterocycles. The zero-order chi connectivity index (χ0) is 17.5. The largest absolute Gasteiger partial charge is 0.493 e. The second-order valence-electron chi connectivity index (χ2n) is 7.01. The number of rotatable bonds is 7. The lowest BCUT2D eigenvalue weighted by molar-refractivity contribution is -0.137. The van der Waals surface area contributed by atoms with Crippen LogP contribution in [0.5, 0.6) is 11.5 Å². The van der Waals surface area contributed by atoms with Crippen molar-refractivity contribution in [2.75, 3.05) is 39.9 Å². The maximum Gasteiger partial charge on any atom is 0.260 e. The lowest BCUT2D eigenvalue weighted by Gasteiger charge is -2.36. The summed E-state index contributed by atoms with van der Waals surface area (Å²) in [5.41, 5.74) is 0. The maximum absolute atomic E-state index is 12.7. The van der Waals surface area contributed by atoms with Gasteiger partial charge in [-0.25, -0.2) is 0 Å². The van der Waals surface area contributed by atoms with E-state index in [-0.39, 0.29) is 12.5 Å². The average molecular weight is 346 g/mol. The lowest BCUT2D eigenvalue weighted by atomic mass is 9.99. The zero-order valence-electron chi connectivity index (χ0n) is 15.3. The molecule has 1 amide bonds. The van der Waals surface area contributed by atoms with E-state index < -0.39 is 0 Å². The molecule has 3 rings (SSSR count). The summed E-state index contributed by atoms with van der Waals surface area (Å²) in [7, 11) is 1.61. The molecular weight excluding hydrogens is 316 g/mol. The molecule has 0 bridgehead atoms. The third-order valence-corrected chi connectivity index (χ3v) is 5.34. The van der Waals surface area contributed by atoms with Gasteiger partial charge in [0.1, 0.15) is 0 Å². The van der Waals surface area contributed by atoms with Gasteiger partial charge < -0.3 is 19.3 Å². The fourth-order valence-electron chi connectivity index (χ4n) is 3.93. The normalized spacial score (nSPS) is 21.3. The van der Waals surface area contributed by atoms with Crippen molar-refractivity contribution in [2.45, 2.75) is 44.6 Å². The molecule has 0 N–H and O–H groups in total. The van der Waals surface area contributed by atoms with Crippen LogP contribution in [0.15, 0.2) is 24.3 Å². The standard InChI is InChI=1S/C20H30N2O3/c1-24-18-9-2-3-10-19(18)25-16-20(23)22-14-5-4-8-17(22)11-15-21-12-6-7-13-21/h2-3,9-10,17H,4-8,11-16H2,1H3/t17-/m1/s1. The molecule has 0 spiro atoms. The van der Waals surface area contributed by atoms with Gasteiger partial charge in [-0.05, 0) is 63.7 Å². The van der Waals surface area contributed by atoms with Crippen molar-refractivity contribution in [3.8, 4) is 11.5 Å². The van der Waals surface area contributed by atoms with Gasteiger partial charge in [0.25, 0.3) is 5.91 Å². The molecule has 1 atom stereocenters. The number of hydrogen-bond acceptors (Lipinski definition) is 4. The Morgan fingerprint density at radius 1 is 1.08 bits per heavy atom.